The normalized spacial score (nSPS) is 19.8. The number of benzene rings is 2. The summed E-state index contributed by atoms with van der Waals surface area (Å²) < 4.78 is 0. The molecule has 1 saturated heterocycles. The van der Waals surface area contributed by atoms with E-state index in [0.717, 1.165) is 22.3 Å². The van der Waals surface area contributed by atoms with Gasteiger partial charge in [-0.2, -0.15) is 0 Å². The maximum atomic E-state index is 12.5. The number of anilines is 1. The summed E-state index contributed by atoms with van der Waals surface area (Å²) in [6, 6.07) is 8.79. The molecule has 2 aromatic carbocycles. The van der Waals surface area contributed by atoms with Crippen molar-refractivity contribution in [1.29, 1.82) is 0 Å². The van der Waals surface area contributed by atoms with Crippen LogP contribution in [0.3, 0.4) is 0 Å². The van der Waals surface area contributed by atoms with Crippen molar-refractivity contribution < 1.29 is 9.90 Å². The summed E-state index contributed by atoms with van der Waals surface area (Å²) >= 11 is 6.10. The van der Waals surface area contributed by atoms with Gasteiger partial charge in [0.05, 0.1) is 6.04 Å². The number of hydrogen-bond acceptors (Lipinski definition) is 4. The molecule has 2 unspecified atom stereocenters. The quantitative estimate of drug-likeness (QED) is 0.676. The maximum absolute atomic E-state index is 12.5. The minimum atomic E-state index is -0.398. The second kappa shape index (κ2) is 7.04. The third kappa shape index (κ3) is 3.79. The number of carbonyl (C=O) groups is 1. The van der Waals surface area contributed by atoms with Crippen LogP contribution >= 0.6 is 11.6 Å². The van der Waals surface area contributed by atoms with Gasteiger partial charge in [0, 0.05) is 16.3 Å². The summed E-state index contributed by atoms with van der Waals surface area (Å²) in [7, 11) is 0. The first-order valence-electron chi connectivity index (χ1n) is 8.23. The van der Waals surface area contributed by atoms with Crippen LogP contribution in [0, 0.1) is 20.8 Å². The predicted molar refractivity (Wildman–Crippen MR) is 99.8 cm³/mol. The van der Waals surface area contributed by atoms with Gasteiger partial charge in [-0.25, -0.2) is 10.9 Å². The fourth-order valence-corrected chi connectivity index (χ4v) is 3.27. The van der Waals surface area contributed by atoms with Crippen LogP contribution in [0.25, 0.3) is 0 Å². The van der Waals surface area contributed by atoms with E-state index >= 15 is 0 Å². The maximum Gasteiger partial charge on any atom is 0.242 e. The molecule has 132 valence electrons. The standard InChI is InChI=1S/C19H22ClN3O2/c1-10-6-12(3)18(24)14(7-10)16-9-17(23-22-16)19(25)21-13-5-4-11(2)15(20)8-13/h4-8,16-17,22-24H,9H2,1-3H3,(H,21,25). The zero-order chi connectivity index (χ0) is 18.1. The van der Waals surface area contributed by atoms with Crippen LogP contribution in [0.5, 0.6) is 5.75 Å². The third-order valence-corrected chi connectivity index (χ3v) is 4.92. The lowest BCUT2D eigenvalue weighted by Crippen LogP contribution is -2.39. The molecule has 0 radical (unpaired) electrons. The van der Waals surface area contributed by atoms with Gasteiger partial charge in [0.25, 0.3) is 0 Å². The van der Waals surface area contributed by atoms with E-state index in [0.29, 0.717) is 17.1 Å². The van der Waals surface area contributed by atoms with E-state index in [1.54, 1.807) is 6.07 Å². The highest BCUT2D eigenvalue weighted by atomic mass is 35.5. The highest BCUT2D eigenvalue weighted by Crippen LogP contribution is 2.33. The molecule has 6 heteroatoms. The molecule has 25 heavy (non-hydrogen) atoms. The first-order valence-corrected chi connectivity index (χ1v) is 8.61. The first-order chi connectivity index (χ1) is 11.8. The molecule has 1 aliphatic rings. The number of hydrogen-bond donors (Lipinski definition) is 4. The highest BCUT2D eigenvalue weighted by Gasteiger charge is 2.32. The molecule has 4 N–H and O–H groups in total. The Kier molecular flexibility index (Phi) is 4.99. The number of nitrogens with one attached hydrogen (secondary N) is 3. The van der Waals surface area contributed by atoms with E-state index in [4.69, 9.17) is 11.6 Å². The Hall–Kier alpha value is -2.08. The molecule has 1 aliphatic heterocycles. The summed E-state index contributed by atoms with van der Waals surface area (Å²) in [5.74, 6) is 0.134. The molecule has 0 aromatic heterocycles. The van der Waals surface area contributed by atoms with Crippen LogP contribution in [0.2, 0.25) is 5.02 Å². The second-order valence-corrected chi connectivity index (χ2v) is 7.01. The van der Waals surface area contributed by atoms with Crippen molar-refractivity contribution in [3.63, 3.8) is 0 Å². The molecule has 0 aliphatic carbocycles. The Morgan fingerprint density at radius 3 is 2.64 bits per heavy atom. The molecule has 0 saturated carbocycles. The van der Waals surface area contributed by atoms with Gasteiger partial charge in [-0.15, -0.1) is 0 Å². The second-order valence-electron chi connectivity index (χ2n) is 6.60. The number of rotatable bonds is 3. The van der Waals surface area contributed by atoms with Crippen LogP contribution in [0.4, 0.5) is 5.69 Å². The van der Waals surface area contributed by atoms with E-state index in [9.17, 15) is 9.90 Å². The summed E-state index contributed by atoms with van der Waals surface area (Å²) in [4.78, 5) is 12.5. The van der Waals surface area contributed by atoms with Gasteiger partial charge in [-0.3, -0.25) is 4.79 Å². The highest BCUT2D eigenvalue weighted by molar-refractivity contribution is 6.31. The molecule has 1 heterocycles. The van der Waals surface area contributed by atoms with Crippen molar-refractivity contribution >= 4 is 23.2 Å². The molecule has 3 rings (SSSR count). The van der Waals surface area contributed by atoms with Gasteiger partial charge in [-0.1, -0.05) is 35.4 Å². The third-order valence-electron chi connectivity index (χ3n) is 4.51. The zero-order valence-corrected chi connectivity index (χ0v) is 15.2. The number of amides is 1. The van der Waals surface area contributed by atoms with Gasteiger partial charge in [-0.05, 0) is 50.5 Å². The minimum absolute atomic E-state index is 0.129. The number of phenols is 1. The van der Waals surface area contributed by atoms with Crippen LogP contribution in [0.1, 0.15) is 34.7 Å². The molecule has 0 spiro atoms. The number of hydrazine groups is 1. The molecule has 0 bridgehead atoms. The largest absolute Gasteiger partial charge is 0.507 e. The van der Waals surface area contributed by atoms with Crippen molar-refractivity contribution in [3.05, 3.63) is 57.6 Å². The van der Waals surface area contributed by atoms with Gasteiger partial charge in [0.1, 0.15) is 11.8 Å². The van der Waals surface area contributed by atoms with Gasteiger partial charge in [0.15, 0.2) is 0 Å². The molecule has 1 fully saturated rings. The Labute approximate surface area is 152 Å². The number of aryl methyl sites for hydroxylation is 3. The van der Waals surface area contributed by atoms with E-state index < -0.39 is 6.04 Å². The van der Waals surface area contributed by atoms with Crippen LogP contribution in [-0.2, 0) is 4.79 Å². The van der Waals surface area contributed by atoms with Crippen molar-refractivity contribution in [3.8, 4) is 5.75 Å². The Balaban J connectivity index is 1.70. The first kappa shape index (κ1) is 17.7. The van der Waals surface area contributed by atoms with Crippen LogP contribution in [-0.4, -0.2) is 17.1 Å². The number of carbonyl (C=O) groups excluding carboxylic acids is 1. The van der Waals surface area contributed by atoms with E-state index in [1.165, 1.54) is 0 Å². The molecular formula is C19H22ClN3O2. The van der Waals surface area contributed by atoms with Gasteiger partial charge < -0.3 is 10.4 Å². The van der Waals surface area contributed by atoms with Crippen molar-refractivity contribution in [1.82, 2.24) is 10.9 Å². The lowest BCUT2D eigenvalue weighted by molar-refractivity contribution is -0.117. The number of phenolic OH excluding ortho intramolecular Hbond substituents is 1. The molecule has 5 nitrogen and oxygen atoms in total. The predicted octanol–water partition coefficient (Wildman–Crippen LogP) is 3.52. The number of halogens is 1. The Morgan fingerprint density at radius 1 is 1.16 bits per heavy atom. The Bertz CT molecular complexity index is 823. The number of aromatic hydroxyl groups is 1. The average Bonchev–Trinajstić information content (AvgIpc) is 3.04. The van der Waals surface area contributed by atoms with E-state index in [1.807, 2.05) is 45.0 Å². The van der Waals surface area contributed by atoms with Crippen LogP contribution < -0.4 is 16.2 Å². The Morgan fingerprint density at radius 2 is 1.92 bits per heavy atom. The smallest absolute Gasteiger partial charge is 0.242 e. The van der Waals surface area contributed by atoms with Crippen molar-refractivity contribution in [2.75, 3.05) is 5.32 Å². The monoisotopic (exact) mass is 359 g/mol. The van der Waals surface area contributed by atoms with Crippen molar-refractivity contribution in [2.24, 2.45) is 0 Å². The lowest BCUT2D eigenvalue weighted by Gasteiger charge is -2.15. The summed E-state index contributed by atoms with van der Waals surface area (Å²) in [5, 5.41) is 13.8. The lowest BCUT2D eigenvalue weighted by atomic mass is 9.96. The van der Waals surface area contributed by atoms with Crippen molar-refractivity contribution in [2.45, 2.75) is 39.3 Å². The topological polar surface area (TPSA) is 73.4 Å². The molecule has 2 atom stereocenters. The fraction of sp³-hybridized carbons (Fsp3) is 0.316. The van der Waals surface area contributed by atoms with Gasteiger partial charge in [0.2, 0.25) is 5.91 Å². The zero-order valence-electron chi connectivity index (χ0n) is 14.5. The summed E-state index contributed by atoms with van der Waals surface area (Å²) in [5.41, 5.74) is 10.5. The summed E-state index contributed by atoms with van der Waals surface area (Å²) in [6.45, 7) is 5.78. The fourth-order valence-electron chi connectivity index (χ4n) is 3.09. The minimum Gasteiger partial charge on any atom is -0.507 e. The van der Waals surface area contributed by atoms with Gasteiger partial charge >= 0.3 is 0 Å². The molecule has 2 aromatic rings. The van der Waals surface area contributed by atoms with E-state index in [-0.39, 0.29) is 17.7 Å². The summed E-state index contributed by atoms with van der Waals surface area (Å²) in [6.07, 6.45) is 0.544. The SMILES string of the molecule is Cc1cc(C)c(O)c(C2CC(C(=O)Nc3ccc(C)c(Cl)c3)NN2)c1. The molecular weight excluding hydrogens is 338 g/mol. The average molecular weight is 360 g/mol. The molecule has 1 amide bonds. The van der Waals surface area contributed by atoms with Crippen LogP contribution in [0.15, 0.2) is 30.3 Å². The van der Waals surface area contributed by atoms with E-state index in [2.05, 4.69) is 16.2 Å².